The summed E-state index contributed by atoms with van der Waals surface area (Å²) in [5.74, 6) is 3.43. The quantitative estimate of drug-likeness (QED) is 0.323. The number of carbonyl (C=O) groups excluding carboxylic acids is 1. The predicted octanol–water partition coefficient (Wildman–Crippen LogP) is 7.49. The van der Waals surface area contributed by atoms with E-state index in [1.807, 2.05) is 6.92 Å². The van der Waals surface area contributed by atoms with E-state index in [1.165, 1.54) is 50.5 Å². The van der Waals surface area contributed by atoms with Gasteiger partial charge in [-0.2, -0.15) is 0 Å². The third-order valence-electron chi connectivity index (χ3n) is 11.7. The Morgan fingerprint density at radius 2 is 1.50 bits per heavy atom. The summed E-state index contributed by atoms with van der Waals surface area (Å²) in [6.07, 6.45) is 11.4. The van der Waals surface area contributed by atoms with Gasteiger partial charge in [0.25, 0.3) is 0 Å². The van der Waals surface area contributed by atoms with Crippen LogP contribution in [0.1, 0.15) is 106 Å². The molecule has 0 aromatic rings. The lowest BCUT2D eigenvalue weighted by molar-refractivity contribution is -0.198. The molecule has 0 heterocycles. The molecule has 4 aliphatic rings. The molecule has 3 nitrogen and oxygen atoms in total. The summed E-state index contributed by atoms with van der Waals surface area (Å²) in [6, 6.07) is 0. The zero-order valence-corrected chi connectivity index (χ0v) is 22.8. The van der Waals surface area contributed by atoms with E-state index in [-0.39, 0.29) is 17.5 Å². The molecule has 0 aromatic heterocycles. The highest BCUT2D eigenvalue weighted by molar-refractivity contribution is 5.66. The van der Waals surface area contributed by atoms with E-state index in [1.54, 1.807) is 6.92 Å². The Bertz CT molecular complexity index is 827. The molecule has 0 aliphatic heterocycles. The van der Waals surface area contributed by atoms with Crippen LogP contribution in [-0.2, 0) is 9.53 Å². The third kappa shape index (κ3) is 4.12. The van der Waals surface area contributed by atoms with Gasteiger partial charge in [0, 0.05) is 12.3 Å². The fourth-order valence-corrected chi connectivity index (χ4v) is 9.85. The molecule has 0 bridgehead atoms. The first-order valence-electron chi connectivity index (χ1n) is 14.0. The van der Waals surface area contributed by atoms with Gasteiger partial charge in [0.05, 0.1) is 6.10 Å². The first-order valence-corrected chi connectivity index (χ1v) is 14.0. The van der Waals surface area contributed by atoms with Crippen LogP contribution in [0.3, 0.4) is 0 Å². The van der Waals surface area contributed by atoms with Crippen molar-refractivity contribution < 1.29 is 14.6 Å². The summed E-state index contributed by atoms with van der Waals surface area (Å²) < 4.78 is 5.85. The molecule has 0 unspecified atom stereocenters. The van der Waals surface area contributed by atoms with Crippen LogP contribution in [-0.4, -0.2) is 23.3 Å². The average molecular weight is 471 g/mol. The Morgan fingerprint density at radius 3 is 2.15 bits per heavy atom. The van der Waals surface area contributed by atoms with Crippen LogP contribution in [0.25, 0.3) is 0 Å². The van der Waals surface area contributed by atoms with E-state index in [0.717, 1.165) is 42.6 Å². The minimum absolute atomic E-state index is 0.0397. The molecule has 34 heavy (non-hydrogen) atoms. The number of aliphatic hydroxyl groups excluding tert-OH is 1. The van der Waals surface area contributed by atoms with E-state index < -0.39 is 6.10 Å². The Balaban J connectivity index is 1.50. The summed E-state index contributed by atoms with van der Waals surface area (Å²) in [5, 5.41) is 10.2. The molecule has 4 aliphatic carbocycles. The lowest BCUT2D eigenvalue weighted by atomic mass is 9.40. The number of aliphatic hydroxyl groups is 1. The Hall–Kier alpha value is -1.09. The maximum Gasteiger partial charge on any atom is 0.302 e. The number of hydrogen-bond acceptors (Lipinski definition) is 3. The average Bonchev–Trinajstić information content (AvgIpc) is 3.11. The topological polar surface area (TPSA) is 46.5 Å². The SMILES string of the molecule is C=C(C)[C@H](O)CCC(=C)[C@H]1CC[C@@]2(C)[C@@H]1CC[C@H]1[C@H]2CC[C@@H]2C(C)(C)[C@@H](OC(C)=O)CC[C@@]21C. The highest BCUT2D eigenvalue weighted by Crippen LogP contribution is 2.71. The van der Waals surface area contributed by atoms with Crippen molar-refractivity contribution in [1.29, 1.82) is 0 Å². The molecule has 0 spiro atoms. The number of hydrogen-bond donors (Lipinski definition) is 1. The van der Waals surface area contributed by atoms with E-state index >= 15 is 0 Å². The number of fused-ring (bicyclic) bond motifs is 5. The van der Waals surface area contributed by atoms with Crippen molar-refractivity contribution in [1.82, 2.24) is 0 Å². The Morgan fingerprint density at radius 1 is 0.912 bits per heavy atom. The van der Waals surface area contributed by atoms with Crippen molar-refractivity contribution >= 4 is 5.97 Å². The zero-order chi connectivity index (χ0) is 25.1. The second kappa shape index (κ2) is 9.09. The minimum Gasteiger partial charge on any atom is -0.462 e. The van der Waals surface area contributed by atoms with Crippen LogP contribution in [0.5, 0.6) is 0 Å². The number of ether oxygens (including phenoxy) is 1. The van der Waals surface area contributed by atoms with Gasteiger partial charge in [0.1, 0.15) is 6.10 Å². The van der Waals surface area contributed by atoms with Crippen LogP contribution in [0.4, 0.5) is 0 Å². The van der Waals surface area contributed by atoms with Crippen LogP contribution in [0, 0.1) is 45.8 Å². The predicted molar refractivity (Wildman–Crippen MR) is 139 cm³/mol. The van der Waals surface area contributed by atoms with Crippen LogP contribution >= 0.6 is 0 Å². The van der Waals surface area contributed by atoms with E-state index in [4.69, 9.17) is 4.74 Å². The largest absolute Gasteiger partial charge is 0.462 e. The molecule has 4 rings (SSSR count). The summed E-state index contributed by atoms with van der Waals surface area (Å²) in [5.41, 5.74) is 3.03. The molecule has 4 fully saturated rings. The maximum absolute atomic E-state index is 11.8. The Kier molecular flexibility index (Phi) is 6.95. The van der Waals surface area contributed by atoms with Gasteiger partial charge in [-0.25, -0.2) is 0 Å². The molecule has 4 saturated carbocycles. The van der Waals surface area contributed by atoms with Gasteiger partial charge in [-0.05, 0) is 112 Å². The smallest absolute Gasteiger partial charge is 0.302 e. The van der Waals surface area contributed by atoms with Gasteiger partial charge in [-0.1, -0.05) is 52.0 Å². The Labute approximate surface area is 208 Å². The van der Waals surface area contributed by atoms with Crippen molar-refractivity contribution in [3.05, 3.63) is 24.3 Å². The summed E-state index contributed by atoms with van der Waals surface area (Å²) in [6.45, 7) is 21.9. The number of allylic oxidation sites excluding steroid dienone is 1. The van der Waals surface area contributed by atoms with Gasteiger partial charge < -0.3 is 9.84 Å². The van der Waals surface area contributed by atoms with E-state index in [0.29, 0.717) is 22.7 Å². The van der Waals surface area contributed by atoms with Crippen molar-refractivity contribution in [2.24, 2.45) is 45.8 Å². The molecule has 0 saturated heterocycles. The maximum atomic E-state index is 11.8. The van der Waals surface area contributed by atoms with Gasteiger partial charge >= 0.3 is 5.97 Å². The van der Waals surface area contributed by atoms with Crippen molar-refractivity contribution in [2.75, 3.05) is 0 Å². The van der Waals surface area contributed by atoms with Gasteiger partial charge in [-0.15, -0.1) is 0 Å². The molecule has 3 heteroatoms. The van der Waals surface area contributed by atoms with Crippen LogP contribution in [0.2, 0.25) is 0 Å². The van der Waals surface area contributed by atoms with Crippen molar-refractivity contribution in [3.63, 3.8) is 0 Å². The third-order valence-corrected chi connectivity index (χ3v) is 11.7. The highest BCUT2D eigenvalue weighted by Gasteiger charge is 2.64. The first kappa shape index (κ1) is 26.0. The van der Waals surface area contributed by atoms with Gasteiger partial charge in [0.2, 0.25) is 0 Å². The molecule has 0 aromatic carbocycles. The second-order valence-corrected chi connectivity index (χ2v) is 13.7. The lowest BCUT2D eigenvalue weighted by Gasteiger charge is -2.65. The van der Waals surface area contributed by atoms with Crippen LogP contribution in [0.15, 0.2) is 24.3 Å². The molecule has 192 valence electrons. The molecular formula is C31H50O3. The zero-order valence-electron chi connectivity index (χ0n) is 22.8. The van der Waals surface area contributed by atoms with Crippen molar-refractivity contribution in [3.8, 4) is 0 Å². The monoisotopic (exact) mass is 470 g/mol. The number of esters is 1. The second-order valence-electron chi connectivity index (χ2n) is 13.7. The summed E-state index contributed by atoms with van der Waals surface area (Å²) in [4.78, 5) is 11.8. The number of rotatable bonds is 6. The minimum atomic E-state index is -0.402. The normalized spacial score (nSPS) is 43.7. The standard InChI is InChI=1S/C31H50O3/c1-19(2)26(33)13-9-20(3)22-15-17-30(7)23(22)10-11-25-24(30)12-14-27-29(5,6)28(34-21(4)32)16-18-31(25,27)8/h22-28,33H,1,3,9-18H2,2,4-8H3/t22-,23-,24-,25+,26-,27-,28+,30+,31-/m1/s1. The van der Waals surface area contributed by atoms with Crippen molar-refractivity contribution in [2.45, 2.75) is 118 Å². The molecule has 1 N–H and O–H groups in total. The molecular weight excluding hydrogens is 420 g/mol. The molecule has 0 amide bonds. The molecule has 9 atom stereocenters. The van der Waals surface area contributed by atoms with Crippen LogP contribution < -0.4 is 0 Å². The van der Waals surface area contributed by atoms with E-state index in [9.17, 15) is 9.90 Å². The number of carbonyl (C=O) groups is 1. The van der Waals surface area contributed by atoms with Gasteiger partial charge in [0.15, 0.2) is 0 Å². The summed E-state index contributed by atoms with van der Waals surface area (Å²) >= 11 is 0. The van der Waals surface area contributed by atoms with E-state index in [2.05, 4.69) is 40.9 Å². The fraction of sp³-hybridized carbons (Fsp3) is 0.839. The first-order chi connectivity index (χ1) is 15.8. The van der Waals surface area contributed by atoms with Gasteiger partial charge in [-0.3, -0.25) is 4.79 Å². The molecule has 0 radical (unpaired) electrons. The highest BCUT2D eigenvalue weighted by atomic mass is 16.5. The fourth-order valence-electron chi connectivity index (χ4n) is 9.85. The summed E-state index contributed by atoms with van der Waals surface area (Å²) in [7, 11) is 0. The lowest BCUT2D eigenvalue weighted by Crippen LogP contribution is -2.60.